The van der Waals surface area contributed by atoms with E-state index in [1.165, 1.54) is 22.3 Å². The summed E-state index contributed by atoms with van der Waals surface area (Å²) in [6.07, 6.45) is 4.52. The summed E-state index contributed by atoms with van der Waals surface area (Å²) in [6.45, 7) is 12.0. The van der Waals surface area contributed by atoms with E-state index in [1.807, 2.05) is 13.8 Å². The number of allylic oxidation sites excluding steroid dienone is 3. The number of carbonyl (C=O) groups excluding carboxylic acids is 1. The minimum absolute atomic E-state index is 0.113. The molecular formula is C19H26O. The fraction of sp³-hybridized carbons (Fsp3) is 0.421. The Morgan fingerprint density at radius 2 is 1.90 bits per heavy atom. The Morgan fingerprint density at radius 1 is 1.30 bits per heavy atom. The highest BCUT2D eigenvalue weighted by molar-refractivity contribution is 5.80. The molecule has 0 saturated carbocycles. The fourth-order valence-corrected chi connectivity index (χ4v) is 2.37. The standard InChI is InChI=1S/C19H26O/c1-6-17(12-14(3)4)18-10-8-16(9-11-18)13-15(5)19(20)7-2/h6,8-11,15H,3,7,12-13H2,1-2,4-5H3/b17-6-. The van der Waals surface area contributed by atoms with E-state index in [2.05, 4.69) is 50.8 Å². The lowest BCUT2D eigenvalue weighted by Gasteiger charge is -2.11. The van der Waals surface area contributed by atoms with Crippen LogP contribution in [0.25, 0.3) is 5.57 Å². The number of Topliss-reactive ketones (excluding diaryl/α,β-unsaturated/α-hetero) is 1. The smallest absolute Gasteiger partial charge is 0.135 e. The molecule has 0 amide bonds. The second-order valence-electron chi connectivity index (χ2n) is 5.57. The van der Waals surface area contributed by atoms with Crippen LogP contribution in [0, 0.1) is 5.92 Å². The van der Waals surface area contributed by atoms with Crippen LogP contribution in [-0.2, 0) is 11.2 Å². The average molecular weight is 270 g/mol. The predicted octanol–water partition coefficient (Wildman–Crippen LogP) is 5.21. The maximum absolute atomic E-state index is 11.6. The van der Waals surface area contributed by atoms with Crippen LogP contribution in [-0.4, -0.2) is 5.78 Å². The molecule has 0 heterocycles. The minimum Gasteiger partial charge on any atom is -0.299 e. The van der Waals surface area contributed by atoms with Crippen molar-refractivity contribution in [2.24, 2.45) is 5.92 Å². The van der Waals surface area contributed by atoms with E-state index in [4.69, 9.17) is 0 Å². The highest BCUT2D eigenvalue weighted by Gasteiger charge is 2.11. The normalized spacial score (nSPS) is 13.1. The van der Waals surface area contributed by atoms with Gasteiger partial charge in [-0.3, -0.25) is 4.79 Å². The third-order valence-corrected chi connectivity index (χ3v) is 3.61. The lowest BCUT2D eigenvalue weighted by atomic mass is 9.93. The highest BCUT2D eigenvalue weighted by atomic mass is 16.1. The summed E-state index contributed by atoms with van der Waals surface area (Å²) >= 11 is 0. The van der Waals surface area contributed by atoms with Crippen molar-refractivity contribution in [2.75, 3.05) is 0 Å². The average Bonchev–Trinajstić information content (AvgIpc) is 2.44. The molecule has 0 aliphatic rings. The Hall–Kier alpha value is -1.63. The number of benzene rings is 1. The third kappa shape index (κ3) is 4.80. The molecule has 0 radical (unpaired) electrons. The van der Waals surface area contributed by atoms with Crippen LogP contribution in [0.1, 0.15) is 51.7 Å². The molecule has 0 aromatic heterocycles. The largest absolute Gasteiger partial charge is 0.299 e. The maximum Gasteiger partial charge on any atom is 0.135 e. The van der Waals surface area contributed by atoms with Gasteiger partial charge < -0.3 is 0 Å². The number of hydrogen-bond donors (Lipinski definition) is 0. The second-order valence-corrected chi connectivity index (χ2v) is 5.57. The highest BCUT2D eigenvalue weighted by Crippen LogP contribution is 2.22. The van der Waals surface area contributed by atoms with Crippen LogP contribution < -0.4 is 0 Å². The molecule has 1 heteroatoms. The van der Waals surface area contributed by atoms with E-state index in [9.17, 15) is 4.79 Å². The van der Waals surface area contributed by atoms with Gasteiger partial charge >= 0.3 is 0 Å². The Kier molecular flexibility index (Phi) is 6.44. The Labute approximate surface area is 123 Å². The zero-order valence-corrected chi connectivity index (χ0v) is 13.2. The van der Waals surface area contributed by atoms with Gasteiger partial charge in [0.2, 0.25) is 0 Å². The Balaban J connectivity index is 2.78. The molecule has 0 fully saturated rings. The number of ketones is 1. The van der Waals surface area contributed by atoms with Gasteiger partial charge in [-0.1, -0.05) is 56.3 Å². The van der Waals surface area contributed by atoms with E-state index in [1.54, 1.807) is 0 Å². The molecule has 0 N–H and O–H groups in total. The van der Waals surface area contributed by atoms with Crippen molar-refractivity contribution < 1.29 is 4.79 Å². The van der Waals surface area contributed by atoms with E-state index in [-0.39, 0.29) is 5.92 Å². The van der Waals surface area contributed by atoms with E-state index in [0.717, 1.165) is 12.8 Å². The van der Waals surface area contributed by atoms with Gasteiger partial charge in [-0.2, -0.15) is 0 Å². The molecule has 1 rings (SSSR count). The summed E-state index contributed by atoms with van der Waals surface area (Å²) in [6, 6.07) is 8.57. The Bertz CT molecular complexity index is 491. The maximum atomic E-state index is 11.6. The first-order valence-electron chi connectivity index (χ1n) is 7.39. The van der Waals surface area contributed by atoms with Crippen molar-refractivity contribution in [3.63, 3.8) is 0 Å². The molecule has 1 nitrogen and oxygen atoms in total. The van der Waals surface area contributed by atoms with E-state index in [0.29, 0.717) is 12.2 Å². The van der Waals surface area contributed by atoms with Crippen LogP contribution >= 0.6 is 0 Å². The lowest BCUT2D eigenvalue weighted by molar-refractivity contribution is -0.122. The van der Waals surface area contributed by atoms with Crippen molar-refractivity contribution in [1.82, 2.24) is 0 Å². The molecule has 20 heavy (non-hydrogen) atoms. The first-order chi connectivity index (χ1) is 9.47. The topological polar surface area (TPSA) is 17.1 Å². The summed E-state index contributed by atoms with van der Waals surface area (Å²) in [5, 5.41) is 0. The van der Waals surface area contributed by atoms with Crippen LogP contribution in [0.5, 0.6) is 0 Å². The van der Waals surface area contributed by atoms with Gasteiger partial charge in [0.15, 0.2) is 0 Å². The second kappa shape index (κ2) is 7.84. The van der Waals surface area contributed by atoms with Crippen molar-refractivity contribution in [3.8, 4) is 0 Å². The molecule has 1 aromatic carbocycles. The molecule has 1 aromatic rings. The predicted molar refractivity (Wildman–Crippen MR) is 87.7 cm³/mol. The molecule has 0 saturated heterocycles. The summed E-state index contributed by atoms with van der Waals surface area (Å²) in [4.78, 5) is 11.6. The first kappa shape index (κ1) is 16.4. The molecular weight excluding hydrogens is 244 g/mol. The van der Waals surface area contributed by atoms with Gasteiger partial charge in [0.05, 0.1) is 0 Å². The molecule has 0 aliphatic heterocycles. The van der Waals surface area contributed by atoms with Gasteiger partial charge in [0, 0.05) is 12.3 Å². The van der Waals surface area contributed by atoms with Gasteiger partial charge in [0.25, 0.3) is 0 Å². The van der Waals surface area contributed by atoms with E-state index >= 15 is 0 Å². The SMILES string of the molecule is C=C(C)C/C(=C/C)c1ccc(CC(C)C(=O)CC)cc1. The number of hydrogen-bond acceptors (Lipinski definition) is 1. The van der Waals surface area contributed by atoms with E-state index < -0.39 is 0 Å². The van der Waals surface area contributed by atoms with Crippen molar-refractivity contribution >= 4 is 11.4 Å². The summed E-state index contributed by atoms with van der Waals surface area (Å²) < 4.78 is 0. The lowest BCUT2D eigenvalue weighted by Crippen LogP contribution is -2.12. The zero-order chi connectivity index (χ0) is 15.1. The van der Waals surface area contributed by atoms with Gasteiger partial charge in [-0.25, -0.2) is 0 Å². The number of carbonyl (C=O) groups is 1. The van der Waals surface area contributed by atoms with Crippen LogP contribution in [0.3, 0.4) is 0 Å². The van der Waals surface area contributed by atoms with Crippen molar-refractivity contribution in [1.29, 1.82) is 0 Å². The molecule has 1 unspecified atom stereocenters. The summed E-state index contributed by atoms with van der Waals surface area (Å²) in [5.41, 5.74) is 4.95. The monoisotopic (exact) mass is 270 g/mol. The zero-order valence-electron chi connectivity index (χ0n) is 13.2. The Morgan fingerprint density at radius 3 is 2.35 bits per heavy atom. The first-order valence-corrected chi connectivity index (χ1v) is 7.39. The van der Waals surface area contributed by atoms with Crippen LogP contribution in [0.15, 0.2) is 42.5 Å². The van der Waals surface area contributed by atoms with Gasteiger partial charge in [0.1, 0.15) is 5.78 Å². The van der Waals surface area contributed by atoms with Crippen molar-refractivity contribution in [2.45, 2.75) is 47.0 Å². The summed E-state index contributed by atoms with van der Waals surface area (Å²) in [5.74, 6) is 0.452. The van der Waals surface area contributed by atoms with Crippen molar-refractivity contribution in [3.05, 3.63) is 53.6 Å². The van der Waals surface area contributed by atoms with Gasteiger partial charge in [-0.05, 0) is 43.4 Å². The molecule has 108 valence electrons. The van der Waals surface area contributed by atoms with Gasteiger partial charge in [-0.15, -0.1) is 0 Å². The van der Waals surface area contributed by atoms with Crippen LogP contribution in [0.2, 0.25) is 0 Å². The van der Waals surface area contributed by atoms with Crippen LogP contribution in [0.4, 0.5) is 0 Å². The molecule has 0 spiro atoms. The quantitative estimate of drug-likeness (QED) is 0.621. The number of rotatable bonds is 7. The summed E-state index contributed by atoms with van der Waals surface area (Å²) in [7, 11) is 0. The third-order valence-electron chi connectivity index (χ3n) is 3.61. The molecule has 1 atom stereocenters. The molecule has 0 bridgehead atoms. The minimum atomic E-state index is 0.113. The molecule has 0 aliphatic carbocycles. The fourth-order valence-electron chi connectivity index (χ4n) is 2.37.